The molecular formula is C8H7FISi. The molecule has 0 aliphatic carbocycles. The fourth-order valence-corrected chi connectivity index (χ4v) is 1.69. The molecule has 0 N–H and O–H groups in total. The summed E-state index contributed by atoms with van der Waals surface area (Å²) < 4.78 is 14.0. The van der Waals surface area contributed by atoms with E-state index < -0.39 is 0 Å². The lowest BCUT2D eigenvalue weighted by Crippen LogP contribution is -1.90. The van der Waals surface area contributed by atoms with Crippen molar-refractivity contribution >= 4 is 32.8 Å². The number of rotatable bonds is 2. The van der Waals surface area contributed by atoms with Crippen molar-refractivity contribution in [3.05, 3.63) is 33.1 Å². The van der Waals surface area contributed by atoms with E-state index in [0.717, 1.165) is 21.6 Å². The molecule has 0 aliphatic heterocycles. The van der Waals surface area contributed by atoms with E-state index in [-0.39, 0.29) is 5.82 Å². The Bertz CT molecular complexity index is 250. The molecule has 0 saturated carbocycles. The lowest BCUT2D eigenvalue weighted by molar-refractivity contribution is 0.612. The van der Waals surface area contributed by atoms with E-state index in [1.807, 2.05) is 6.07 Å². The first kappa shape index (κ1) is 9.19. The van der Waals surface area contributed by atoms with Gasteiger partial charge in [0.2, 0.25) is 0 Å². The third-order valence-electron chi connectivity index (χ3n) is 1.40. The molecule has 0 atom stereocenters. The van der Waals surface area contributed by atoms with Gasteiger partial charge >= 0.3 is 0 Å². The zero-order valence-electron chi connectivity index (χ0n) is 5.90. The van der Waals surface area contributed by atoms with Crippen LogP contribution in [0.3, 0.4) is 0 Å². The van der Waals surface area contributed by atoms with Crippen LogP contribution < -0.4 is 0 Å². The third kappa shape index (κ3) is 2.55. The van der Waals surface area contributed by atoms with Crippen LogP contribution in [0.2, 0.25) is 6.04 Å². The van der Waals surface area contributed by atoms with Gasteiger partial charge in [0.15, 0.2) is 0 Å². The quantitative estimate of drug-likeness (QED) is 0.575. The molecule has 0 nitrogen and oxygen atoms in total. The predicted octanol–water partition coefficient (Wildman–Crippen LogP) is 2.56. The Morgan fingerprint density at radius 2 is 2.18 bits per heavy atom. The van der Waals surface area contributed by atoms with Gasteiger partial charge in [-0.05, 0) is 52.8 Å². The minimum absolute atomic E-state index is 0.108. The molecule has 0 spiro atoms. The van der Waals surface area contributed by atoms with E-state index in [4.69, 9.17) is 0 Å². The Kier molecular flexibility index (Phi) is 3.51. The minimum Gasteiger partial charge on any atom is -0.207 e. The number of hydrogen-bond donors (Lipinski definition) is 0. The van der Waals surface area contributed by atoms with Gasteiger partial charge in [0.25, 0.3) is 0 Å². The Balaban J connectivity index is 2.93. The van der Waals surface area contributed by atoms with Crippen LogP contribution in [0, 0.1) is 9.39 Å². The Hall–Kier alpha value is 0.0969. The Labute approximate surface area is 82.8 Å². The monoisotopic (exact) mass is 277 g/mol. The Morgan fingerprint density at radius 1 is 1.45 bits per heavy atom. The molecule has 3 heteroatoms. The molecule has 0 saturated heterocycles. The zero-order valence-corrected chi connectivity index (χ0v) is 9.06. The van der Waals surface area contributed by atoms with Gasteiger partial charge in [-0.1, -0.05) is 6.04 Å². The first-order chi connectivity index (χ1) is 5.24. The third-order valence-corrected chi connectivity index (χ3v) is 2.32. The van der Waals surface area contributed by atoms with Gasteiger partial charge in [0, 0.05) is 13.8 Å². The summed E-state index contributed by atoms with van der Waals surface area (Å²) in [5.41, 5.74) is 0.784. The Morgan fingerprint density at radius 3 is 2.82 bits per heavy atom. The number of hydrogen-bond acceptors (Lipinski definition) is 0. The second-order valence-electron chi connectivity index (χ2n) is 2.24. The normalized spacial score (nSPS) is 10.1. The second-order valence-corrected chi connectivity index (χ2v) is 3.98. The van der Waals surface area contributed by atoms with Crippen LogP contribution in [0.1, 0.15) is 5.56 Å². The van der Waals surface area contributed by atoms with Crippen LogP contribution in [0.25, 0.3) is 0 Å². The maximum atomic E-state index is 12.9. The van der Waals surface area contributed by atoms with Crippen LogP contribution in [0.4, 0.5) is 4.39 Å². The summed E-state index contributed by atoms with van der Waals surface area (Å²) >= 11 is 2.18. The maximum Gasteiger partial charge on any atom is 0.126 e. The molecule has 0 heterocycles. The van der Waals surface area contributed by atoms with Crippen molar-refractivity contribution in [3.63, 3.8) is 0 Å². The summed E-state index contributed by atoms with van der Waals surface area (Å²) in [6, 6.07) is 5.96. The first-order valence-corrected chi connectivity index (χ1v) is 5.11. The predicted molar refractivity (Wildman–Crippen MR) is 53.4 cm³/mol. The van der Waals surface area contributed by atoms with Crippen LogP contribution in [-0.2, 0) is 6.42 Å². The van der Waals surface area contributed by atoms with Crippen molar-refractivity contribution in [2.75, 3.05) is 0 Å². The summed E-state index contributed by atoms with van der Waals surface area (Å²) in [5.74, 6) is -0.108. The van der Waals surface area contributed by atoms with Crippen molar-refractivity contribution in [2.24, 2.45) is 0 Å². The molecule has 0 bridgehead atoms. The average Bonchev–Trinajstić information content (AvgIpc) is 1.98. The van der Waals surface area contributed by atoms with Gasteiger partial charge < -0.3 is 0 Å². The molecule has 11 heavy (non-hydrogen) atoms. The second kappa shape index (κ2) is 4.20. The van der Waals surface area contributed by atoms with Crippen molar-refractivity contribution in [3.8, 4) is 0 Å². The van der Waals surface area contributed by atoms with E-state index in [1.165, 1.54) is 6.07 Å². The van der Waals surface area contributed by atoms with Crippen LogP contribution >= 0.6 is 22.6 Å². The first-order valence-electron chi connectivity index (χ1n) is 3.32. The molecule has 1 rings (SSSR count). The van der Waals surface area contributed by atoms with Crippen molar-refractivity contribution in [2.45, 2.75) is 12.5 Å². The van der Waals surface area contributed by atoms with Gasteiger partial charge in [-0.3, -0.25) is 0 Å². The SMILES string of the molecule is Fc1ccc(I)cc1CC[Si]. The average molecular weight is 277 g/mol. The van der Waals surface area contributed by atoms with Gasteiger partial charge in [-0.15, -0.1) is 0 Å². The highest BCUT2D eigenvalue weighted by molar-refractivity contribution is 14.1. The molecule has 0 aliphatic rings. The zero-order chi connectivity index (χ0) is 8.27. The van der Waals surface area contributed by atoms with Gasteiger partial charge in [0.1, 0.15) is 5.82 Å². The molecule has 57 valence electrons. The molecule has 0 aromatic heterocycles. The fourth-order valence-electron chi connectivity index (χ4n) is 0.870. The molecule has 0 fully saturated rings. The van der Waals surface area contributed by atoms with Crippen LogP contribution in [0.5, 0.6) is 0 Å². The van der Waals surface area contributed by atoms with E-state index in [0.29, 0.717) is 0 Å². The fraction of sp³-hybridized carbons (Fsp3) is 0.250. The summed E-state index contributed by atoms with van der Waals surface area (Å²) in [6.45, 7) is 0. The molecule has 0 unspecified atom stereocenters. The maximum absolute atomic E-state index is 12.9. The highest BCUT2D eigenvalue weighted by Crippen LogP contribution is 2.13. The van der Waals surface area contributed by atoms with E-state index in [1.54, 1.807) is 6.07 Å². The smallest absolute Gasteiger partial charge is 0.126 e. The number of benzene rings is 1. The van der Waals surface area contributed by atoms with Crippen molar-refractivity contribution < 1.29 is 4.39 Å². The lowest BCUT2D eigenvalue weighted by atomic mass is 10.2. The van der Waals surface area contributed by atoms with E-state index in [2.05, 4.69) is 32.8 Å². The highest BCUT2D eigenvalue weighted by atomic mass is 127. The molecule has 3 radical (unpaired) electrons. The summed E-state index contributed by atoms with van der Waals surface area (Å²) in [6.07, 6.45) is 0.750. The summed E-state index contributed by atoms with van der Waals surface area (Å²) in [7, 11) is 3.32. The summed E-state index contributed by atoms with van der Waals surface area (Å²) in [5, 5.41) is 0. The van der Waals surface area contributed by atoms with Gasteiger partial charge in [-0.25, -0.2) is 4.39 Å². The standard InChI is InChI=1S/C8H7FISi/c9-8-2-1-7(10)5-6(8)3-4-11/h1-2,5H,3-4H2. The van der Waals surface area contributed by atoms with Crippen molar-refractivity contribution in [1.82, 2.24) is 0 Å². The molecule has 1 aromatic rings. The van der Waals surface area contributed by atoms with Crippen LogP contribution in [-0.4, -0.2) is 10.2 Å². The topological polar surface area (TPSA) is 0 Å². The van der Waals surface area contributed by atoms with Crippen molar-refractivity contribution in [1.29, 1.82) is 0 Å². The lowest BCUT2D eigenvalue weighted by Gasteiger charge is -2.00. The van der Waals surface area contributed by atoms with Gasteiger partial charge in [-0.2, -0.15) is 0 Å². The largest absolute Gasteiger partial charge is 0.207 e. The number of aryl methyl sites for hydroxylation is 1. The number of halogens is 2. The molecule has 0 amide bonds. The van der Waals surface area contributed by atoms with E-state index in [9.17, 15) is 4.39 Å². The minimum atomic E-state index is -0.108. The van der Waals surface area contributed by atoms with E-state index >= 15 is 0 Å². The van der Waals surface area contributed by atoms with Crippen LogP contribution in [0.15, 0.2) is 18.2 Å². The molecular weight excluding hydrogens is 270 g/mol. The molecule has 1 aromatic carbocycles. The highest BCUT2D eigenvalue weighted by Gasteiger charge is 2.00. The summed E-state index contributed by atoms with van der Waals surface area (Å²) in [4.78, 5) is 0. The van der Waals surface area contributed by atoms with Gasteiger partial charge in [0.05, 0.1) is 0 Å².